The first-order valence-corrected chi connectivity index (χ1v) is 8.93. The minimum Gasteiger partial charge on any atom is -0.493 e. The summed E-state index contributed by atoms with van der Waals surface area (Å²) in [6.45, 7) is 4.46. The predicted molar refractivity (Wildman–Crippen MR) is 100 cm³/mol. The number of aromatic nitrogens is 2. The molecule has 0 saturated carbocycles. The van der Waals surface area contributed by atoms with Crippen molar-refractivity contribution in [1.29, 1.82) is 0 Å². The maximum absolute atomic E-state index is 12.2. The van der Waals surface area contributed by atoms with Crippen LogP contribution in [0.2, 0.25) is 0 Å². The molecular formula is C19H19N3O2S. The number of rotatable bonds is 6. The van der Waals surface area contributed by atoms with Crippen molar-refractivity contribution in [3.05, 3.63) is 59.2 Å². The van der Waals surface area contributed by atoms with E-state index in [2.05, 4.69) is 15.3 Å². The molecule has 1 N–H and O–H groups in total. The molecule has 1 amide bonds. The van der Waals surface area contributed by atoms with E-state index in [0.717, 1.165) is 27.6 Å². The van der Waals surface area contributed by atoms with Gasteiger partial charge in [0.1, 0.15) is 16.6 Å². The predicted octanol–water partition coefficient (Wildman–Crippen LogP) is 4.09. The summed E-state index contributed by atoms with van der Waals surface area (Å²) in [5.41, 5.74) is 2.61. The molecule has 0 spiro atoms. The quantitative estimate of drug-likeness (QED) is 0.725. The summed E-state index contributed by atoms with van der Waals surface area (Å²) in [6, 6.07) is 11.5. The number of para-hydroxylation sites is 1. The molecule has 0 fully saturated rings. The normalized spacial score (nSPS) is 10.5. The van der Waals surface area contributed by atoms with Crippen LogP contribution in [0.3, 0.4) is 0 Å². The molecule has 3 rings (SSSR count). The van der Waals surface area contributed by atoms with E-state index in [1.165, 1.54) is 11.3 Å². The van der Waals surface area contributed by atoms with E-state index in [-0.39, 0.29) is 12.3 Å². The summed E-state index contributed by atoms with van der Waals surface area (Å²) in [5.74, 6) is 1.26. The maximum atomic E-state index is 12.2. The van der Waals surface area contributed by atoms with Gasteiger partial charge < -0.3 is 10.1 Å². The molecule has 2 aromatic heterocycles. The number of aryl methyl sites for hydroxylation is 1. The third kappa shape index (κ3) is 4.22. The number of nitrogens with one attached hydrogen (secondary N) is 1. The highest BCUT2D eigenvalue weighted by Gasteiger charge is 2.13. The molecule has 0 atom stereocenters. The van der Waals surface area contributed by atoms with Gasteiger partial charge >= 0.3 is 0 Å². The topological polar surface area (TPSA) is 64.1 Å². The van der Waals surface area contributed by atoms with Gasteiger partial charge in [-0.2, -0.15) is 0 Å². The van der Waals surface area contributed by atoms with Gasteiger partial charge in [0.25, 0.3) is 0 Å². The summed E-state index contributed by atoms with van der Waals surface area (Å²) in [7, 11) is 0. The van der Waals surface area contributed by atoms with Crippen molar-refractivity contribution >= 4 is 23.1 Å². The summed E-state index contributed by atoms with van der Waals surface area (Å²) in [4.78, 5) is 21.0. The van der Waals surface area contributed by atoms with Gasteiger partial charge in [0.2, 0.25) is 5.91 Å². The average Bonchev–Trinajstić information content (AvgIpc) is 3.06. The molecule has 0 unspecified atom stereocenters. The summed E-state index contributed by atoms with van der Waals surface area (Å²) < 4.78 is 5.65. The first kappa shape index (κ1) is 17.1. The third-order valence-electron chi connectivity index (χ3n) is 3.58. The van der Waals surface area contributed by atoms with Gasteiger partial charge in [0, 0.05) is 11.6 Å². The van der Waals surface area contributed by atoms with Crippen LogP contribution < -0.4 is 10.1 Å². The number of ether oxygens (including phenoxy) is 1. The summed E-state index contributed by atoms with van der Waals surface area (Å²) in [6.07, 6.45) is 1.87. The van der Waals surface area contributed by atoms with Gasteiger partial charge in [-0.1, -0.05) is 18.2 Å². The van der Waals surface area contributed by atoms with Crippen LogP contribution in [-0.4, -0.2) is 22.5 Å². The molecule has 6 heteroatoms. The Morgan fingerprint density at radius 1 is 1.24 bits per heavy atom. The Balaban J connectivity index is 1.72. The second kappa shape index (κ2) is 7.90. The third-order valence-corrected chi connectivity index (χ3v) is 4.50. The molecule has 2 heterocycles. The summed E-state index contributed by atoms with van der Waals surface area (Å²) in [5, 5.41) is 5.58. The maximum Gasteiger partial charge on any atom is 0.231 e. The van der Waals surface area contributed by atoms with Crippen LogP contribution in [0.25, 0.3) is 10.6 Å². The van der Waals surface area contributed by atoms with E-state index in [0.29, 0.717) is 12.4 Å². The number of anilines is 1. The zero-order valence-electron chi connectivity index (χ0n) is 14.2. The number of carbonyl (C=O) groups is 1. The van der Waals surface area contributed by atoms with Crippen molar-refractivity contribution < 1.29 is 9.53 Å². The van der Waals surface area contributed by atoms with Crippen molar-refractivity contribution in [3.8, 4) is 16.3 Å². The van der Waals surface area contributed by atoms with Gasteiger partial charge in [-0.3, -0.25) is 4.79 Å². The lowest BCUT2D eigenvalue weighted by Crippen LogP contribution is -2.16. The number of carbonyl (C=O) groups excluding carboxylic acids is 1. The number of hydrogen-bond donors (Lipinski definition) is 1. The zero-order chi connectivity index (χ0) is 17.6. The highest BCUT2D eigenvalue weighted by Crippen LogP contribution is 2.32. The standard InChI is InChI=1S/C19H19N3O2S/c1-3-24-16-9-5-4-8-15(16)19-21-14(12-25-19)11-17(23)22-18-13(2)7-6-10-20-18/h4-10,12H,3,11H2,1-2H3,(H,20,22,23). The molecular weight excluding hydrogens is 334 g/mol. The number of amides is 1. The molecule has 3 aromatic rings. The van der Waals surface area contributed by atoms with Crippen LogP contribution in [0.4, 0.5) is 5.82 Å². The average molecular weight is 353 g/mol. The molecule has 0 aliphatic rings. The van der Waals surface area contributed by atoms with Crippen molar-refractivity contribution in [2.75, 3.05) is 11.9 Å². The molecule has 128 valence electrons. The lowest BCUT2D eigenvalue weighted by molar-refractivity contribution is -0.115. The fourth-order valence-electron chi connectivity index (χ4n) is 2.39. The second-order valence-corrected chi connectivity index (χ2v) is 6.33. The fourth-order valence-corrected chi connectivity index (χ4v) is 3.24. The Labute approximate surface area is 150 Å². The molecule has 0 aliphatic carbocycles. The van der Waals surface area contributed by atoms with Crippen molar-refractivity contribution in [3.63, 3.8) is 0 Å². The SMILES string of the molecule is CCOc1ccccc1-c1nc(CC(=O)Nc2ncccc2C)cs1. The number of thiazole rings is 1. The lowest BCUT2D eigenvalue weighted by Gasteiger charge is -2.07. The van der Waals surface area contributed by atoms with Crippen LogP contribution >= 0.6 is 11.3 Å². The van der Waals surface area contributed by atoms with Crippen LogP contribution in [0.1, 0.15) is 18.2 Å². The number of benzene rings is 1. The second-order valence-electron chi connectivity index (χ2n) is 5.47. The first-order valence-electron chi connectivity index (χ1n) is 8.05. The highest BCUT2D eigenvalue weighted by atomic mass is 32.1. The van der Waals surface area contributed by atoms with Crippen LogP contribution in [0.5, 0.6) is 5.75 Å². The lowest BCUT2D eigenvalue weighted by atomic mass is 10.2. The van der Waals surface area contributed by atoms with Crippen LogP contribution in [0.15, 0.2) is 48.0 Å². The number of pyridine rings is 1. The molecule has 0 aliphatic heterocycles. The Kier molecular flexibility index (Phi) is 5.40. The molecule has 0 radical (unpaired) electrons. The summed E-state index contributed by atoms with van der Waals surface area (Å²) >= 11 is 1.51. The van der Waals surface area contributed by atoms with Crippen molar-refractivity contribution in [2.45, 2.75) is 20.3 Å². The van der Waals surface area contributed by atoms with E-state index < -0.39 is 0 Å². The molecule has 5 nitrogen and oxygen atoms in total. The number of nitrogens with zero attached hydrogens (tertiary/aromatic N) is 2. The molecule has 0 saturated heterocycles. The van der Waals surface area contributed by atoms with E-state index in [9.17, 15) is 4.79 Å². The van der Waals surface area contributed by atoms with E-state index in [1.54, 1.807) is 6.20 Å². The molecule has 25 heavy (non-hydrogen) atoms. The van der Waals surface area contributed by atoms with E-state index in [4.69, 9.17) is 4.74 Å². The van der Waals surface area contributed by atoms with Gasteiger partial charge in [-0.15, -0.1) is 11.3 Å². The minimum atomic E-state index is -0.128. The van der Waals surface area contributed by atoms with Gasteiger partial charge in [0.15, 0.2) is 0 Å². The Morgan fingerprint density at radius 2 is 2.08 bits per heavy atom. The Hall–Kier alpha value is -2.73. The van der Waals surface area contributed by atoms with Crippen molar-refractivity contribution in [2.24, 2.45) is 0 Å². The van der Waals surface area contributed by atoms with Gasteiger partial charge in [-0.25, -0.2) is 9.97 Å². The van der Waals surface area contributed by atoms with E-state index >= 15 is 0 Å². The van der Waals surface area contributed by atoms with Crippen molar-refractivity contribution in [1.82, 2.24) is 9.97 Å². The highest BCUT2D eigenvalue weighted by molar-refractivity contribution is 7.13. The largest absolute Gasteiger partial charge is 0.493 e. The van der Waals surface area contributed by atoms with Gasteiger partial charge in [-0.05, 0) is 37.6 Å². The molecule has 0 bridgehead atoms. The number of hydrogen-bond acceptors (Lipinski definition) is 5. The smallest absolute Gasteiger partial charge is 0.231 e. The minimum absolute atomic E-state index is 0.128. The Bertz CT molecular complexity index is 876. The van der Waals surface area contributed by atoms with Crippen LogP contribution in [0, 0.1) is 6.92 Å². The van der Waals surface area contributed by atoms with Crippen LogP contribution in [-0.2, 0) is 11.2 Å². The zero-order valence-corrected chi connectivity index (χ0v) is 15.0. The first-order chi connectivity index (χ1) is 12.2. The Morgan fingerprint density at radius 3 is 2.88 bits per heavy atom. The van der Waals surface area contributed by atoms with Gasteiger partial charge in [0.05, 0.1) is 24.3 Å². The van der Waals surface area contributed by atoms with E-state index in [1.807, 2.05) is 55.6 Å². The monoisotopic (exact) mass is 353 g/mol. The fraction of sp³-hybridized carbons (Fsp3) is 0.211. The molecule has 1 aromatic carbocycles.